The number of hydrogen-bond acceptors (Lipinski definition) is 8. The van der Waals surface area contributed by atoms with E-state index < -0.39 is 65.6 Å². The zero-order chi connectivity index (χ0) is 28.1. The maximum Gasteiger partial charge on any atom is 0.355 e. The van der Waals surface area contributed by atoms with E-state index >= 15 is 0 Å². The number of carbonyl (C=O) groups excluding carboxylic acids is 3. The van der Waals surface area contributed by atoms with Gasteiger partial charge in [-0.2, -0.15) is 0 Å². The number of Topliss-reactive ketones (excluding diaryl/α,β-unsaturated/α-hetero) is 1. The van der Waals surface area contributed by atoms with E-state index in [0.29, 0.717) is 12.1 Å². The SMILES string of the molecule is CCC(=O)[C@H]1OC(=O)[C@H](CC)[C@H]2C=C[C@H]3[C@H]4O[C@]2(/C(C)=C/[C@H]1C)[C@@H]3[C@H](O)[C@@H](COC)[C@H]4OC(=O)c1ccc[nH]1. The van der Waals surface area contributed by atoms with Crippen molar-refractivity contribution in [1.82, 2.24) is 4.98 Å². The van der Waals surface area contributed by atoms with E-state index in [0.717, 1.165) is 5.57 Å². The topological polar surface area (TPSA) is 124 Å². The Labute approximate surface area is 228 Å². The molecule has 1 spiro atoms. The largest absolute Gasteiger partial charge is 0.454 e. The van der Waals surface area contributed by atoms with Gasteiger partial charge in [-0.05, 0) is 31.1 Å². The summed E-state index contributed by atoms with van der Waals surface area (Å²) in [5, 5.41) is 12.0. The zero-order valence-electron chi connectivity index (χ0n) is 23.2. The van der Waals surface area contributed by atoms with Crippen LogP contribution in [-0.4, -0.2) is 71.5 Å². The highest BCUT2D eigenvalue weighted by Gasteiger charge is 2.70. The summed E-state index contributed by atoms with van der Waals surface area (Å²) in [7, 11) is 1.55. The molecular weight excluding hydrogens is 502 g/mol. The van der Waals surface area contributed by atoms with Gasteiger partial charge in [-0.1, -0.05) is 39.0 Å². The number of ketones is 1. The molecule has 212 valence electrons. The van der Waals surface area contributed by atoms with Crippen molar-refractivity contribution >= 4 is 17.7 Å². The number of nitrogens with one attached hydrogen (secondary N) is 1. The van der Waals surface area contributed by atoms with Gasteiger partial charge in [-0.15, -0.1) is 0 Å². The molecule has 3 heterocycles. The fraction of sp³-hybridized carbons (Fsp3) is 0.633. The lowest BCUT2D eigenvalue weighted by Crippen LogP contribution is -2.59. The average Bonchev–Trinajstić information content (AvgIpc) is 3.52. The van der Waals surface area contributed by atoms with Gasteiger partial charge in [-0.3, -0.25) is 9.59 Å². The molecule has 1 saturated carbocycles. The fourth-order valence-electron chi connectivity index (χ4n) is 7.56. The molecule has 9 heteroatoms. The molecule has 5 rings (SSSR count). The summed E-state index contributed by atoms with van der Waals surface area (Å²) in [4.78, 5) is 42.3. The second kappa shape index (κ2) is 10.7. The van der Waals surface area contributed by atoms with Crippen molar-refractivity contribution in [1.29, 1.82) is 0 Å². The second-order valence-electron chi connectivity index (χ2n) is 11.4. The van der Waals surface area contributed by atoms with Crippen LogP contribution < -0.4 is 0 Å². The molecule has 1 aromatic rings. The Kier molecular flexibility index (Phi) is 7.61. The van der Waals surface area contributed by atoms with Crippen LogP contribution in [0.4, 0.5) is 0 Å². The van der Waals surface area contributed by atoms with E-state index in [-0.39, 0.29) is 30.6 Å². The Bertz CT molecular complexity index is 1160. The first-order valence-electron chi connectivity index (χ1n) is 14.0. The van der Waals surface area contributed by atoms with Crippen molar-refractivity contribution in [2.45, 2.75) is 70.6 Å². The van der Waals surface area contributed by atoms with Gasteiger partial charge in [0.1, 0.15) is 23.5 Å². The van der Waals surface area contributed by atoms with E-state index in [2.05, 4.69) is 4.98 Å². The first-order chi connectivity index (χ1) is 18.7. The first-order valence-corrected chi connectivity index (χ1v) is 14.0. The minimum Gasteiger partial charge on any atom is -0.454 e. The third-order valence-corrected chi connectivity index (χ3v) is 9.32. The number of esters is 2. The van der Waals surface area contributed by atoms with Gasteiger partial charge >= 0.3 is 11.9 Å². The molecule has 4 aliphatic rings. The third-order valence-electron chi connectivity index (χ3n) is 9.32. The number of H-pyrrole nitrogens is 1. The van der Waals surface area contributed by atoms with E-state index in [1.165, 1.54) is 0 Å². The molecule has 0 amide bonds. The van der Waals surface area contributed by atoms with Crippen molar-refractivity contribution in [3.63, 3.8) is 0 Å². The average molecular weight is 542 g/mol. The number of ether oxygens (including phenoxy) is 4. The molecule has 0 unspecified atom stereocenters. The molecule has 2 N–H and O–H groups in total. The lowest BCUT2D eigenvalue weighted by Gasteiger charge is -2.49. The molecule has 9 nitrogen and oxygen atoms in total. The molecule has 2 aliphatic heterocycles. The van der Waals surface area contributed by atoms with Crippen LogP contribution in [0.5, 0.6) is 0 Å². The highest BCUT2D eigenvalue weighted by atomic mass is 16.6. The highest BCUT2D eigenvalue weighted by Crippen LogP contribution is 2.62. The van der Waals surface area contributed by atoms with Gasteiger partial charge < -0.3 is 29.0 Å². The van der Waals surface area contributed by atoms with Crippen LogP contribution in [0.1, 0.15) is 51.0 Å². The number of aliphatic hydroxyl groups excluding tert-OH is 1. The quantitative estimate of drug-likeness (QED) is 0.398. The van der Waals surface area contributed by atoms with E-state index in [9.17, 15) is 19.5 Å². The number of aromatic amines is 1. The molecule has 0 aromatic carbocycles. The second-order valence-corrected chi connectivity index (χ2v) is 11.4. The van der Waals surface area contributed by atoms with Gasteiger partial charge in [0.2, 0.25) is 0 Å². The predicted octanol–water partition coefficient (Wildman–Crippen LogP) is 3.25. The first kappa shape index (κ1) is 27.8. The molecule has 0 radical (unpaired) electrons. The summed E-state index contributed by atoms with van der Waals surface area (Å²) in [5.41, 5.74) is 0.114. The van der Waals surface area contributed by atoms with Crippen LogP contribution in [0, 0.1) is 35.5 Å². The fourth-order valence-corrected chi connectivity index (χ4v) is 7.56. The molecule has 1 aromatic heterocycles. The minimum atomic E-state index is -1.04. The standard InChI is InChI=1S/C30H39NO8/c1-6-17-20-11-10-18-23-24(33)19(14-36-5)26(38-29(35)21-9-8-12-31-21)27(18)39-30(20,23)16(4)13-15(3)25(22(32)7-2)37-28(17)34/h8-13,15,17-20,23-27,31,33H,6-7,14H2,1-5H3/b16-13+/t15-,17-,18-,19-,20-,23+,24-,25+,26-,27-,30+/m1/s1. The van der Waals surface area contributed by atoms with Gasteiger partial charge in [0.15, 0.2) is 11.9 Å². The van der Waals surface area contributed by atoms with Crippen LogP contribution in [0.25, 0.3) is 0 Å². The summed E-state index contributed by atoms with van der Waals surface area (Å²) in [5.74, 6) is -3.69. The Hall–Kier alpha value is -2.75. The number of aromatic nitrogens is 1. The Morgan fingerprint density at radius 2 is 2.00 bits per heavy atom. The summed E-state index contributed by atoms with van der Waals surface area (Å²) in [6.07, 6.45) is 5.19. The van der Waals surface area contributed by atoms with E-state index in [4.69, 9.17) is 18.9 Å². The van der Waals surface area contributed by atoms with Crippen LogP contribution in [0.2, 0.25) is 0 Å². The van der Waals surface area contributed by atoms with Crippen molar-refractivity contribution < 1.29 is 38.4 Å². The number of cyclic esters (lactones) is 1. The van der Waals surface area contributed by atoms with Crippen molar-refractivity contribution in [2.75, 3.05) is 13.7 Å². The summed E-state index contributed by atoms with van der Waals surface area (Å²) >= 11 is 0. The normalized spacial score (nSPS) is 42.3. The zero-order valence-corrected chi connectivity index (χ0v) is 23.2. The Balaban J connectivity index is 1.62. The molecule has 4 bridgehead atoms. The molecule has 2 fully saturated rings. The maximum absolute atomic E-state index is 13.6. The van der Waals surface area contributed by atoms with Crippen LogP contribution in [-0.2, 0) is 28.5 Å². The third kappa shape index (κ3) is 4.30. The molecule has 2 aliphatic carbocycles. The smallest absolute Gasteiger partial charge is 0.355 e. The summed E-state index contributed by atoms with van der Waals surface area (Å²) < 4.78 is 24.4. The van der Waals surface area contributed by atoms with Crippen molar-refractivity contribution in [3.05, 3.63) is 47.8 Å². The van der Waals surface area contributed by atoms with Gasteiger partial charge in [-0.25, -0.2) is 4.79 Å². The molecular formula is C30H39NO8. The van der Waals surface area contributed by atoms with Gasteiger partial charge in [0.25, 0.3) is 0 Å². The number of methoxy groups -OCH3 is 1. The van der Waals surface area contributed by atoms with Gasteiger partial charge in [0, 0.05) is 49.3 Å². The van der Waals surface area contributed by atoms with E-state index in [1.807, 2.05) is 39.0 Å². The van der Waals surface area contributed by atoms with Crippen molar-refractivity contribution in [2.24, 2.45) is 35.5 Å². The lowest BCUT2D eigenvalue weighted by atomic mass is 9.56. The van der Waals surface area contributed by atoms with Crippen LogP contribution >= 0.6 is 0 Å². The minimum absolute atomic E-state index is 0.131. The highest BCUT2D eigenvalue weighted by molar-refractivity contribution is 5.87. The summed E-state index contributed by atoms with van der Waals surface area (Å²) in [6, 6.07) is 3.35. The predicted molar refractivity (Wildman–Crippen MR) is 140 cm³/mol. The van der Waals surface area contributed by atoms with Crippen LogP contribution in [0.15, 0.2) is 42.1 Å². The number of hydrogen-bond donors (Lipinski definition) is 2. The number of aliphatic hydroxyl groups is 1. The summed E-state index contributed by atoms with van der Waals surface area (Å²) in [6.45, 7) is 7.68. The Morgan fingerprint density at radius 1 is 1.23 bits per heavy atom. The maximum atomic E-state index is 13.6. The van der Waals surface area contributed by atoms with Crippen molar-refractivity contribution in [3.8, 4) is 0 Å². The monoisotopic (exact) mass is 541 g/mol. The number of rotatable bonds is 7. The lowest BCUT2D eigenvalue weighted by molar-refractivity contribution is -0.166. The Morgan fingerprint density at radius 3 is 2.64 bits per heavy atom. The molecule has 1 saturated heterocycles. The molecule has 11 atom stereocenters. The van der Waals surface area contributed by atoms with E-state index in [1.54, 1.807) is 32.4 Å². The number of carbonyl (C=O) groups is 3. The molecule has 39 heavy (non-hydrogen) atoms. The van der Waals surface area contributed by atoms with Crippen LogP contribution in [0.3, 0.4) is 0 Å². The van der Waals surface area contributed by atoms with Gasteiger partial charge in [0.05, 0.1) is 18.6 Å².